The Morgan fingerprint density at radius 1 is 1.21 bits per heavy atom. The number of carbonyl (C=O) groups excluding carboxylic acids is 2. The highest BCUT2D eigenvalue weighted by atomic mass is 16.5. The van der Waals surface area contributed by atoms with E-state index < -0.39 is 11.9 Å². The molecule has 0 unspecified atom stereocenters. The molecule has 0 atom stereocenters. The number of carboxylic acids is 1. The number of methoxy groups -OCH3 is 1. The molecule has 1 aliphatic rings. The third-order valence-electron chi connectivity index (χ3n) is 4.43. The number of ether oxygens (including phenoxy) is 1. The molecular formula is C21H18N2O5. The first-order chi connectivity index (χ1) is 13.4. The molecule has 1 amide bonds. The molecule has 1 N–H and O–H groups in total. The van der Waals surface area contributed by atoms with Crippen LogP contribution in [0.15, 0.2) is 65.6 Å². The zero-order valence-corrected chi connectivity index (χ0v) is 15.4. The van der Waals surface area contributed by atoms with Gasteiger partial charge in [-0.25, -0.2) is 9.59 Å². The second-order valence-electron chi connectivity index (χ2n) is 6.19. The van der Waals surface area contributed by atoms with Gasteiger partial charge in [0.1, 0.15) is 0 Å². The zero-order valence-electron chi connectivity index (χ0n) is 15.4. The Morgan fingerprint density at radius 3 is 2.50 bits per heavy atom. The van der Waals surface area contributed by atoms with Gasteiger partial charge in [0, 0.05) is 18.1 Å². The van der Waals surface area contributed by atoms with Crippen molar-refractivity contribution in [1.82, 2.24) is 9.88 Å². The first-order valence-electron chi connectivity index (χ1n) is 8.47. The maximum atomic E-state index is 13.0. The predicted octanol–water partition coefficient (Wildman–Crippen LogP) is 2.65. The van der Waals surface area contributed by atoms with Crippen LogP contribution >= 0.6 is 0 Å². The van der Waals surface area contributed by atoms with Crippen molar-refractivity contribution in [2.45, 2.75) is 13.5 Å². The van der Waals surface area contributed by atoms with Crippen LogP contribution in [0.4, 0.5) is 0 Å². The van der Waals surface area contributed by atoms with Gasteiger partial charge in [-0.3, -0.25) is 9.78 Å². The molecule has 0 spiro atoms. The van der Waals surface area contributed by atoms with Crippen LogP contribution in [0, 0.1) is 0 Å². The lowest BCUT2D eigenvalue weighted by Crippen LogP contribution is -2.24. The molecule has 0 radical (unpaired) electrons. The van der Waals surface area contributed by atoms with E-state index in [1.54, 1.807) is 43.6 Å². The van der Waals surface area contributed by atoms with Gasteiger partial charge in [-0.15, -0.1) is 0 Å². The van der Waals surface area contributed by atoms with Gasteiger partial charge in [-0.1, -0.05) is 18.2 Å². The second-order valence-corrected chi connectivity index (χ2v) is 6.19. The van der Waals surface area contributed by atoms with Crippen molar-refractivity contribution in [2.75, 3.05) is 7.11 Å². The summed E-state index contributed by atoms with van der Waals surface area (Å²) in [6.45, 7) is 1.96. The van der Waals surface area contributed by atoms with Gasteiger partial charge in [0.05, 0.1) is 30.4 Å². The molecule has 3 rings (SSSR count). The molecule has 7 heteroatoms. The number of carboxylic acid groups (broad SMARTS) is 1. The first kappa shape index (κ1) is 19.0. The monoisotopic (exact) mass is 378 g/mol. The Bertz CT molecular complexity index is 991. The third kappa shape index (κ3) is 3.68. The highest BCUT2D eigenvalue weighted by molar-refractivity contribution is 6.16. The number of rotatable bonds is 5. The van der Waals surface area contributed by atoms with Crippen LogP contribution in [0.1, 0.15) is 28.4 Å². The highest BCUT2D eigenvalue weighted by Crippen LogP contribution is 2.32. The number of hydrogen-bond donors (Lipinski definition) is 1. The Balaban J connectivity index is 2.00. The molecule has 2 heterocycles. The number of aromatic carboxylic acids is 1. The lowest BCUT2D eigenvalue weighted by atomic mass is 10.0. The topological polar surface area (TPSA) is 96.8 Å². The number of pyridine rings is 1. The Kier molecular flexibility index (Phi) is 5.35. The molecule has 0 fully saturated rings. The summed E-state index contributed by atoms with van der Waals surface area (Å²) in [5, 5.41) is 9.01. The average Bonchev–Trinajstić information content (AvgIpc) is 2.93. The van der Waals surface area contributed by atoms with Crippen LogP contribution in [0.25, 0.3) is 6.08 Å². The van der Waals surface area contributed by atoms with E-state index in [1.807, 2.05) is 6.07 Å². The van der Waals surface area contributed by atoms with Crippen LogP contribution in [0.2, 0.25) is 0 Å². The van der Waals surface area contributed by atoms with E-state index >= 15 is 0 Å². The van der Waals surface area contributed by atoms with Crippen molar-refractivity contribution >= 4 is 23.9 Å². The van der Waals surface area contributed by atoms with Gasteiger partial charge in [0.2, 0.25) is 0 Å². The molecule has 7 nitrogen and oxygen atoms in total. The standard InChI is InChI=1S/C21H18N2O5/c1-13-18(21(27)28-2)17(10-14-5-7-16(8-6-14)20(25)26)19(24)23(13)12-15-4-3-9-22-11-15/h3-11H,12H2,1-2H3,(H,25,26). The number of aromatic nitrogens is 1. The minimum atomic E-state index is -1.04. The van der Waals surface area contributed by atoms with Crippen LogP contribution in [0.5, 0.6) is 0 Å². The Morgan fingerprint density at radius 2 is 1.93 bits per heavy atom. The molecular weight excluding hydrogens is 360 g/mol. The molecule has 1 aromatic carbocycles. The predicted molar refractivity (Wildman–Crippen MR) is 101 cm³/mol. The molecule has 1 aromatic heterocycles. The summed E-state index contributed by atoms with van der Waals surface area (Å²) in [4.78, 5) is 41.9. The van der Waals surface area contributed by atoms with Crippen molar-refractivity contribution < 1.29 is 24.2 Å². The molecule has 0 bridgehead atoms. The fourth-order valence-corrected chi connectivity index (χ4v) is 2.98. The van der Waals surface area contributed by atoms with Gasteiger partial charge in [-0.05, 0) is 42.3 Å². The van der Waals surface area contributed by atoms with Crippen LogP contribution in [-0.2, 0) is 20.9 Å². The maximum Gasteiger partial charge on any atom is 0.340 e. The molecule has 28 heavy (non-hydrogen) atoms. The van der Waals surface area contributed by atoms with Crippen molar-refractivity contribution in [3.8, 4) is 0 Å². The largest absolute Gasteiger partial charge is 0.478 e. The summed E-state index contributed by atoms with van der Waals surface area (Å²) in [5.74, 6) is -1.97. The summed E-state index contributed by atoms with van der Waals surface area (Å²) in [5.41, 5.74) is 2.46. The Labute approximate surface area is 161 Å². The molecule has 2 aromatic rings. The van der Waals surface area contributed by atoms with E-state index in [0.29, 0.717) is 11.3 Å². The van der Waals surface area contributed by atoms with Crippen molar-refractivity contribution in [3.63, 3.8) is 0 Å². The highest BCUT2D eigenvalue weighted by Gasteiger charge is 2.36. The van der Waals surface area contributed by atoms with Crippen LogP contribution in [0.3, 0.4) is 0 Å². The normalized spacial score (nSPS) is 15.3. The first-order valence-corrected chi connectivity index (χ1v) is 8.47. The fraction of sp³-hybridized carbons (Fsp3) is 0.143. The van der Waals surface area contributed by atoms with Gasteiger partial charge in [0.15, 0.2) is 0 Å². The number of esters is 1. The summed E-state index contributed by atoms with van der Waals surface area (Å²) in [7, 11) is 1.26. The van der Waals surface area contributed by atoms with Gasteiger partial charge in [-0.2, -0.15) is 0 Å². The van der Waals surface area contributed by atoms with Crippen LogP contribution < -0.4 is 0 Å². The minimum Gasteiger partial charge on any atom is -0.478 e. The van der Waals surface area contributed by atoms with Gasteiger partial charge < -0.3 is 14.7 Å². The minimum absolute atomic E-state index is 0.137. The van der Waals surface area contributed by atoms with Crippen molar-refractivity contribution in [2.24, 2.45) is 0 Å². The summed E-state index contributed by atoms with van der Waals surface area (Å²) in [6, 6.07) is 9.66. The van der Waals surface area contributed by atoms with E-state index in [9.17, 15) is 14.4 Å². The molecule has 142 valence electrons. The number of hydrogen-bond acceptors (Lipinski definition) is 5. The maximum absolute atomic E-state index is 13.0. The molecule has 0 aliphatic carbocycles. The fourth-order valence-electron chi connectivity index (χ4n) is 2.98. The smallest absolute Gasteiger partial charge is 0.340 e. The zero-order chi connectivity index (χ0) is 20.3. The summed E-state index contributed by atoms with van der Waals surface area (Å²) >= 11 is 0. The number of benzene rings is 1. The van der Waals surface area contributed by atoms with E-state index in [4.69, 9.17) is 9.84 Å². The Hall–Kier alpha value is -3.74. The average molecular weight is 378 g/mol. The molecule has 1 aliphatic heterocycles. The van der Waals surface area contributed by atoms with E-state index in [0.717, 1.165) is 5.56 Å². The quantitative estimate of drug-likeness (QED) is 0.635. The molecule has 0 saturated heterocycles. The second kappa shape index (κ2) is 7.87. The number of amides is 1. The molecule has 0 saturated carbocycles. The van der Waals surface area contributed by atoms with Crippen molar-refractivity contribution in [3.05, 3.63) is 82.3 Å². The van der Waals surface area contributed by atoms with Gasteiger partial charge >= 0.3 is 11.9 Å². The number of allylic oxidation sites excluding steroid dienone is 1. The lowest BCUT2D eigenvalue weighted by Gasteiger charge is -2.17. The van der Waals surface area contributed by atoms with E-state index in [2.05, 4.69) is 4.98 Å². The number of nitrogens with zero attached hydrogens (tertiary/aromatic N) is 2. The van der Waals surface area contributed by atoms with Crippen LogP contribution in [-0.4, -0.2) is 39.9 Å². The van der Waals surface area contributed by atoms with E-state index in [1.165, 1.54) is 24.1 Å². The van der Waals surface area contributed by atoms with Gasteiger partial charge in [0.25, 0.3) is 5.91 Å². The summed E-state index contributed by atoms with van der Waals surface area (Å²) < 4.78 is 4.86. The summed E-state index contributed by atoms with van der Waals surface area (Å²) in [6.07, 6.45) is 4.86. The lowest BCUT2D eigenvalue weighted by molar-refractivity contribution is -0.136. The van der Waals surface area contributed by atoms with Crippen molar-refractivity contribution in [1.29, 1.82) is 0 Å². The van der Waals surface area contributed by atoms with E-state index in [-0.39, 0.29) is 29.2 Å². The SMILES string of the molecule is COC(=O)C1=C(C)N(Cc2cccnc2)C(=O)C1=Cc1ccc(C(=O)O)cc1. The number of carbonyl (C=O) groups is 3. The third-order valence-corrected chi connectivity index (χ3v) is 4.43.